The van der Waals surface area contributed by atoms with Crippen molar-refractivity contribution in [3.8, 4) is 0 Å². The molecule has 10 nitrogen and oxygen atoms in total. The van der Waals surface area contributed by atoms with E-state index in [0.717, 1.165) is 0 Å². The molecular weight excluding hydrogens is 334 g/mol. The van der Waals surface area contributed by atoms with Gasteiger partial charge >= 0.3 is 0 Å². The zero-order chi connectivity index (χ0) is 18.8. The van der Waals surface area contributed by atoms with Crippen LogP contribution < -0.4 is 16.8 Å². The van der Waals surface area contributed by atoms with Gasteiger partial charge in [-0.3, -0.25) is 14.4 Å². The van der Waals surface area contributed by atoms with Crippen molar-refractivity contribution in [2.24, 2.45) is 11.5 Å². The summed E-state index contributed by atoms with van der Waals surface area (Å²) >= 11 is 0. The minimum Gasteiger partial charge on any atom is -0.379 e. The molecule has 0 aromatic carbocycles. The number of carbonyl (C=O) groups is 3. The summed E-state index contributed by atoms with van der Waals surface area (Å²) in [4.78, 5) is 32.2. The van der Waals surface area contributed by atoms with Crippen molar-refractivity contribution in [1.82, 2.24) is 5.32 Å². The normalized spacial score (nSPS) is 10.6. The van der Waals surface area contributed by atoms with E-state index >= 15 is 0 Å². The molecule has 0 saturated carbocycles. The van der Waals surface area contributed by atoms with Crippen LogP contribution in [0.4, 0.5) is 0 Å². The van der Waals surface area contributed by atoms with E-state index in [1.807, 2.05) is 0 Å². The van der Waals surface area contributed by atoms with Gasteiger partial charge in [0, 0.05) is 25.8 Å². The van der Waals surface area contributed by atoms with Crippen LogP contribution in [0.1, 0.15) is 19.3 Å². The molecular formula is C15H29N3O7. The minimum atomic E-state index is -0.497. The Morgan fingerprint density at radius 1 is 0.600 bits per heavy atom. The Labute approximate surface area is 147 Å². The van der Waals surface area contributed by atoms with Crippen LogP contribution >= 0.6 is 0 Å². The molecule has 0 aliphatic carbocycles. The summed E-state index contributed by atoms with van der Waals surface area (Å²) in [7, 11) is 0. The Morgan fingerprint density at radius 2 is 1.04 bits per heavy atom. The molecule has 0 atom stereocenters. The number of amides is 3. The first kappa shape index (κ1) is 23.2. The lowest BCUT2D eigenvalue weighted by molar-refractivity contribution is -0.125. The van der Waals surface area contributed by atoms with Gasteiger partial charge < -0.3 is 35.7 Å². The fraction of sp³-hybridized carbons (Fsp3) is 0.800. The highest BCUT2D eigenvalue weighted by atomic mass is 16.6. The average Bonchev–Trinajstić information content (AvgIpc) is 2.56. The SMILES string of the molecule is NC(=O)CCOCCOCCOCCOCCNC(=O)CCC(N)=O. The first-order valence-electron chi connectivity index (χ1n) is 8.16. The number of nitrogens with one attached hydrogen (secondary N) is 1. The average molecular weight is 363 g/mol. The summed E-state index contributed by atoms with van der Waals surface area (Å²) in [6.07, 6.45) is 0.344. The Kier molecular flexibility index (Phi) is 15.9. The second-order valence-corrected chi connectivity index (χ2v) is 4.98. The molecule has 0 aromatic heterocycles. The van der Waals surface area contributed by atoms with Gasteiger partial charge in [0.1, 0.15) is 0 Å². The third-order valence-electron chi connectivity index (χ3n) is 2.78. The summed E-state index contributed by atoms with van der Waals surface area (Å²) in [6.45, 7) is 3.58. The molecule has 146 valence electrons. The molecule has 10 heteroatoms. The van der Waals surface area contributed by atoms with E-state index in [-0.39, 0.29) is 31.1 Å². The lowest BCUT2D eigenvalue weighted by Crippen LogP contribution is -2.28. The van der Waals surface area contributed by atoms with Gasteiger partial charge in [-0.2, -0.15) is 0 Å². The van der Waals surface area contributed by atoms with E-state index in [1.165, 1.54) is 0 Å². The summed E-state index contributed by atoms with van der Waals surface area (Å²) in [5.41, 5.74) is 9.91. The molecule has 0 saturated heterocycles. The number of carbonyl (C=O) groups excluding carboxylic acids is 3. The van der Waals surface area contributed by atoms with Crippen LogP contribution in [0.2, 0.25) is 0 Å². The predicted octanol–water partition coefficient (Wildman–Crippen LogP) is -1.69. The van der Waals surface area contributed by atoms with Crippen molar-refractivity contribution in [3.05, 3.63) is 0 Å². The Bertz CT molecular complexity index is 380. The number of rotatable bonds is 18. The molecule has 0 aromatic rings. The van der Waals surface area contributed by atoms with Crippen LogP contribution in [0.5, 0.6) is 0 Å². The largest absolute Gasteiger partial charge is 0.379 e. The molecule has 3 amide bonds. The summed E-state index contributed by atoms with van der Waals surface area (Å²) in [5, 5.41) is 2.61. The van der Waals surface area contributed by atoms with E-state index in [2.05, 4.69) is 5.32 Å². The van der Waals surface area contributed by atoms with Crippen LogP contribution in [0.25, 0.3) is 0 Å². The van der Waals surface area contributed by atoms with E-state index in [0.29, 0.717) is 59.4 Å². The summed E-state index contributed by atoms with van der Waals surface area (Å²) in [5.74, 6) is -1.11. The fourth-order valence-electron chi connectivity index (χ4n) is 1.52. The van der Waals surface area contributed by atoms with Crippen molar-refractivity contribution in [2.75, 3.05) is 59.4 Å². The number of primary amides is 2. The van der Waals surface area contributed by atoms with E-state index in [1.54, 1.807) is 0 Å². The monoisotopic (exact) mass is 363 g/mol. The summed E-state index contributed by atoms with van der Waals surface area (Å²) in [6, 6.07) is 0. The van der Waals surface area contributed by atoms with Crippen LogP contribution in [-0.4, -0.2) is 77.1 Å². The zero-order valence-electron chi connectivity index (χ0n) is 14.5. The molecule has 0 aliphatic rings. The molecule has 0 spiro atoms. The van der Waals surface area contributed by atoms with Crippen molar-refractivity contribution in [1.29, 1.82) is 0 Å². The number of hydrogen-bond donors (Lipinski definition) is 3. The Morgan fingerprint density at radius 3 is 1.52 bits per heavy atom. The highest BCUT2D eigenvalue weighted by Gasteiger charge is 2.02. The molecule has 0 bridgehead atoms. The number of ether oxygens (including phenoxy) is 4. The second-order valence-electron chi connectivity index (χ2n) is 4.98. The van der Waals surface area contributed by atoms with Crippen molar-refractivity contribution in [2.45, 2.75) is 19.3 Å². The number of nitrogens with two attached hydrogens (primary N) is 2. The third kappa shape index (κ3) is 20.2. The van der Waals surface area contributed by atoms with Gasteiger partial charge in [0.25, 0.3) is 0 Å². The Hall–Kier alpha value is -1.75. The molecule has 0 radical (unpaired) electrons. The topological polar surface area (TPSA) is 152 Å². The minimum absolute atomic E-state index is 0.0438. The van der Waals surface area contributed by atoms with Crippen molar-refractivity contribution >= 4 is 17.7 Å². The van der Waals surface area contributed by atoms with Gasteiger partial charge in [-0.25, -0.2) is 0 Å². The van der Waals surface area contributed by atoms with E-state index < -0.39 is 5.91 Å². The first-order chi connectivity index (χ1) is 12.0. The molecule has 25 heavy (non-hydrogen) atoms. The molecule has 5 N–H and O–H groups in total. The first-order valence-corrected chi connectivity index (χ1v) is 8.16. The van der Waals surface area contributed by atoms with Crippen LogP contribution in [-0.2, 0) is 33.3 Å². The van der Waals surface area contributed by atoms with Crippen LogP contribution in [0.3, 0.4) is 0 Å². The smallest absolute Gasteiger partial charge is 0.220 e. The Balaban J connectivity index is 3.13. The quantitative estimate of drug-likeness (QED) is 0.246. The zero-order valence-corrected chi connectivity index (χ0v) is 14.5. The van der Waals surface area contributed by atoms with Gasteiger partial charge in [-0.15, -0.1) is 0 Å². The predicted molar refractivity (Wildman–Crippen MR) is 88.5 cm³/mol. The van der Waals surface area contributed by atoms with Gasteiger partial charge in [0.2, 0.25) is 17.7 Å². The van der Waals surface area contributed by atoms with Crippen LogP contribution in [0, 0.1) is 0 Å². The molecule has 0 fully saturated rings. The standard InChI is InChI=1S/C15H29N3O7/c16-13(19)1-2-15(21)18-4-6-23-8-10-25-12-11-24-9-7-22-5-3-14(17)20/h1-12H2,(H2,16,19)(H2,17,20)(H,18,21). The van der Waals surface area contributed by atoms with Crippen molar-refractivity contribution < 1.29 is 33.3 Å². The third-order valence-corrected chi connectivity index (χ3v) is 2.78. The molecule has 0 rings (SSSR count). The van der Waals surface area contributed by atoms with E-state index in [9.17, 15) is 14.4 Å². The maximum Gasteiger partial charge on any atom is 0.220 e. The highest BCUT2D eigenvalue weighted by molar-refractivity contribution is 5.82. The lowest BCUT2D eigenvalue weighted by Gasteiger charge is -2.08. The maximum absolute atomic E-state index is 11.3. The lowest BCUT2D eigenvalue weighted by atomic mass is 10.3. The van der Waals surface area contributed by atoms with Gasteiger partial charge in [-0.05, 0) is 0 Å². The maximum atomic E-state index is 11.3. The molecule has 0 unspecified atom stereocenters. The van der Waals surface area contributed by atoms with E-state index in [4.69, 9.17) is 30.4 Å². The highest BCUT2D eigenvalue weighted by Crippen LogP contribution is 1.87. The second kappa shape index (κ2) is 17.1. The van der Waals surface area contributed by atoms with Gasteiger partial charge in [0.05, 0.1) is 52.9 Å². The van der Waals surface area contributed by atoms with Gasteiger partial charge in [0.15, 0.2) is 0 Å². The number of hydrogen-bond acceptors (Lipinski definition) is 7. The molecule has 0 aliphatic heterocycles. The molecule has 0 heterocycles. The summed E-state index contributed by atoms with van der Waals surface area (Å²) < 4.78 is 21.0. The van der Waals surface area contributed by atoms with Gasteiger partial charge in [-0.1, -0.05) is 0 Å². The van der Waals surface area contributed by atoms with Crippen molar-refractivity contribution in [3.63, 3.8) is 0 Å². The van der Waals surface area contributed by atoms with Crippen LogP contribution in [0.15, 0.2) is 0 Å². The fourth-order valence-corrected chi connectivity index (χ4v) is 1.52.